The van der Waals surface area contributed by atoms with Crippen LogP contribution in [0.1, 0.15) is 92.2 Å². The van der Waals surface area contributed by atoms with E-state index >= 15 is 0 Å². The molecule has 28 heavy (non-hydrogen) atoms. The Hall–Kier alpha value is -1.08. The van der Waals surface area contributed by atoms with E-state index in [2.05, 4.69) is 73.6 Å². The van der Waals surface area contributed by atoms with Gasteiger partial charge < -0.3 is 0 Å². The van der Waals surface area contributed by atoms with Crippen molar-refractivity contribution in [3.8, 4) is 0 Å². The highest BCUT2D eigenvalue weighted by atomic mass is 28.3. The van der Waals surface area contributed by atoms with Gasteiger partial charge in [-0.05, 0) is 68.3 Å². The second-order valence-corrected chi connectivity index (χ2v) is 13.4. The largest absolute Gasteiger partial charge is 0.114 e. The van der Waals surface area contributed by atoms with Crippen molar-refractivity contribution in [2.24, 2.45) is 5.92 Å². The maximum atomic E-state index is 2.62. The van der Waals surface area contributed by atoms with E-state index in [-0.39, 0.29) is 0 Å². The fourth-order valence-corrected chi connectivity index (χ4v) is 11.8. The first-order valence-corrected chi connectivity index (χ1v) is 14.3. The second kappa shape index (κ2) is 10.1. The van der Waals surface area contributed by atoms with Crippen LogP contribution in [0.3, 0.4) is 0 Å². The fraction of sp³-hybridized carbons (Fsp3) is 0.630. The molecule has 1 unspecified atom stereocenters. The molecule has 1 atom stereocenters. The Morgan fingerprint density at radius 3 is 1.61 bits per heavy atom. The molecule has 0 fully saturated rings. The molecule has 0 aromatic heterocycles. The van der Waals surface area contributed by atoms with Crippen molar-refractivity contribution < 1.29 is 0 Å². The van der Waals surface area contributed by atoms with E-state index in [1.807, 2.05) is 5.20 Å². The summed E-state index contributed by atoms with van der Waals surface area (Å²) < 4.78 is 0. The minimum absolute atomic E-state index is 0.635. The molecule has 1 heteroatoms. The van der Waals surface area contributed by atoms with Crippen molar-refractivity contribution >= 4 is 13.3 Å². The maximum absolute atomic E-state index is 2.62. The Labute approximate surface area is 176 Å². The maximum Gasteiger partial charge on any atom is 0.114 e. The van der Waals surface area contributed by atoms with E-state index in [1.54, 1.807) is 33.0 Å². The van der Waals surface area contributed by atoms with Crippen LogP contribution in [0.4, 0.5) is 0 Å². The molecule has 0 N–H and O–H groups in total. The number of hydrogen-bond donors (Lipinski definition) is 0. The summed E-state index contributed by atoms with van der Waals surface area (Å²) in [5.41, 5.74) is 7.94. The molecule has 1 aliphatic carbocycles. The van der Waals surface area contributed by atoms with Gasteiger partial charge >= 0.3 is 0 Å². The van der Waals surface area contributed by atoms with E-state index in [4.69, 9.17) is 0 Å². The van der Waals surface area contributed by atoms with Crippen LogP contribution in [0.5, 0.6) is 0 Å². The minimum atomic E-state index is -1.75. The summed E-state index contributed by atoms with van der Waals surface area (Å²) in [6.45, 7) is 19.1. The standard InChI is InChI=1S/C27H44Si/c1-9-13-15-28(16-14-10-2,27-22(7)20(5)21(6)23(27)8)26-18-24(11-3)17-25(12-4)19-26/h17-19,22H,9-16H2,1-8H3. The van der Waals surface area contributed by atoms with Crippen LogP contribution in [0.25, 0.3) is 0 Å². The lowest BCUT2D eigenvalue weighted by Crippen LogP contribution is -2.52. The molecular formula is C27H44Si. The van der Waals surface area contributed by atoms with Gasteiger partial charge in [0.25, 0.3) is 0 Å². The molecule has 0 heterocycles. The van der Waals surface area contributed by atoms with Crippen molar-refractivity contribution in [3.63, 3.8) is 0 Å². The summed E-state index contributed by atoms with van der Waals surface area (Å²) in [4.78, 5) is 0. The van der Waals surface area contributed by atoms with Gasteiger partial charge in [0.2, 0.25) is 0 Å². The lowest BCUT2D eigenvalue weighted by Gasteiger charge is -2.38. The van der Waals surface area contributed by atoms with Crippen molar-refractivity contribution in [1.29, 1.82) is 0 Å². The van der Waals surface area contributed by atoms with Gasteiger partial charge in [-0.2, -0.15) is 0 Å². The number of unbranched alkanes of at least 4 members (excludes halogenated alkanes) is 2. The summed E-state index contributed by atoms with van der Waals surface area (Å²) >= 11 is 0. The van der Waals surface area contributed by atoms with Crippen LogP contribution in [-0.2, 0) is 12.8 Å². The molecule has 2 rings (SSSR count). The first-order chi connectivity index (χ1) is 13.4. The molecule has 0 nitrogen and oxygen atoms in total. The van der Waals surface area contributed by atoms with Crippen LogP contribution in [-0.4, -0.2) is 8.07 Å². The predicted molar refractivity (Wildman–Crippen MR) is 130 cm³/mol. The highest BCUT2D eigenvalue weighted by molar-refractivity contribution is 6.98. The van der Waals surface area contributed by atoms with Crippen molar-refractivity contribution in [2.75, 3.05) is 0 Å². The molecule has 1 aromatic rings. The van der Waals surface area contributed by atoms with Gasteiger partial charge in [0.05, 0.1) is 0 Å². The zero-order chi connectivity index (χ0) is 20.9. The molecule has 0 aliphatic heterocycles. The first-order valence-electron chi connectivity index (χ1n) is 11.9. The molecule has 156 valence electrons. The second-order valence-electron chi connectivity index (χ2n) is 9.10. The summed E-state index contributed by atoms with van der Waals surface area (Å²) in [6.07, 6.45) is 7.65. The van der Waals surface area contributed by atoms with E-state index < -0.39 is 8.07 Å². The number of rotatable bonds is 10. The van der Waals surface area contributed by atoms with E-state index in [1.165, 1.54) is 37.8 Å². The van der Waals surface area contributed by atoms with Gasteiger partial charge in [-0.15, -0.1) is 0 Å². The normalized spacial score (nSPS) is 17.8. The SMILES string of the molecule is CCCC[Si](CCCC)(C1=C(C)C(C)=C(C)C1C)c1cc(CC)cc(CC)c1. The molecule has 0 saturated carbocycles. The zero-order valence-corrected chi connectivity index (χ0v) is 21.0. The minimum Gasteiger partial charge on any atom is -0.0657 e. The Morgan fingerprint density at radius 1 is 0.750 bits per heavy atom. The predicted octanol–water partition coefficient (Wildman–Crippen LogP) is 7.91. The zero-order valence-electron chi connectivity index (χ0n) is 20.0. The van der Waals surface area contributed by atoms with Crippen LogP contribution in [0.2, 0.25) is 12.1 Å². The van der Waals surface area contributed by atoms with Crippen LogP contribution in [0.15, 0.2) is 40.1 Å². The van der Waals surface area contributed by atoms with E-state index in [9.17, 15) is 0 Å². The number of hydrogen-bond acceptors (Lipinski definition) is 0. The summed E-state index contributed by atoms with van der Waals surface area (Å²) in [6, 6.07) is 10.5. The first kappa shape index (κ1) is 23.2. The van der Waals surface area contributed by atoms with Gasteiger partial charge in [-0.25, -0.2) is 0 Å². The molecular weight excluding hydrogens is 352 g/mol. The van der Waals surface area contributed by atoms with Crippen molar-refractivity contribution in [3.05, 3.63) is 51.2 Å². The highest BCUT2D eigenvalue weighted by Crippen LogP contribution is 2.45. The van der Waals surface area contributed by atoms with Gasteiger partial charge in [0.1, 0.15) is 8.07 Å². The van der Waals surface area contributed by atoms with Crippen LogP contribution in [0, 0.1) is 5.92 Å². The van der Waals surface area contributed by atoms with Gasteiger partial charge in [0.15, 0.2) is 0 Å². The van der Waals surface area contributed by atoms with Crippen LogP contribution < -0.4 is 5.19 Å². The molecule has 0 spiro atoms. The summed E-state index contributed by atoms with van der Waals surface area (Å²) in [7, 11) is -1.75. The van der Waals surface area contributed by atoms with Crippen LogP contribution >= 0.6 is 0 Å². The third-order valence-corrected chi connectivity index (χ3v) is 13.1. The Kier molecular flexibility index (Phi) is 8.37. The fourth-order valence-electron chi connectivity index (χ4n) is 5.38. The lowest BCUT2D eigenvalue weighted by atomic mass is 10.1. The monoisotopic (exact) mass is 396 g/mol. The molecule has 0 saturated heterocycles. The molecule has 1 aromatic carbocycles. The average molecular weight is 397 g/mol. The third kappa shape index (κ3) is 4.40. The quantitative estimate of drug-likeness (QED) is 0.352. The number of allylic oxidation sites excluding steroid dienone is 4. The number of benzene rings is 1. The number of aryl methyl sites for hydroxylation is 2. The summed E-state index contributed by atoms with van der Waals surface area (Å²) in [5.74, 6) is 0.635. The highest BCUT2D eigenvalue weighted by Gasteiger charge is 2.43. The van der Waals surface area contributed by atoms with E-state index in [0.717, 1.165) is 12.8 Å². The third-order valence-electron chi connectivity index (χ3n) is 7.49. The average Bonchev–Trinajstić information content (AvgIpc) is 2.91. The van der Waals surface area contributed by atoms with Crippen molar-refractivity contribution in [1.82, 2.24) is 0 Å². The summed E-state index contributed by atoms with van der Waals surface area (Å²) in [5, 5.41) is 3.62. The Morgan fingerprint density at radius 2 is 1.25 bits per heavy atom. The molecule has 0 radical (unpaired) electrons. The van der Waals surface area contributed by atoms with E-state index in [0.29, 0.717) is 5.92 Å². The topological polar surface area (TPSA) is 0 Å². The smallest absolute Gasteiger partial charge is 0.0657 e. The Balaban J connectivity index is 2.75. The van der Waals surface area contributed by atoms with Gasteiger partial charge in [-0.1, -0.05) is 100 Å². The van der Waals surface area contributed by atoms with Gasteiger partial charge in [-0.3, -0.25) is 0 Å². The lowest BCUT2D eigenvalue weighted by molar-refractivity contribution is 0.803. The molecule has 0 amide bonds. The van der Waals surface area contributed by atoms with Gasteiger partial charge in [0, 0.05) is 0 Å². The van der Waals surface area contributed by atoms with Crippen molar-refractivity contribution in [2.45, 2.75) is 106 Å². The molecule has 1 aliphatic rings. The molecule has 0 bridgehead atoms. The Bertz CT molecular complexity index is 704.